The molecule has 6 heteroatoms. The third-order valence-electron chi connectivity index (χ3n) is 4.22. The summed E-state index contributed by atoms with van der Waals surface area (Å²) in [6.45, 7) is 5.45. The van der Waals surface area contributed by atoms with E-state index in [0.29, 0.717) is 6.54 Å². The Kier molecular flexibility index (Phi) is 5.74. The third kappa shape index (κ3) is 3.96. The number of benzene rings is 1. The zero-order chi connectivity index (χ0) is 16.1. The van der Waals surface area contributed by atoms with E-state index in [-0.39, 0.29) is 24.4 Å². The second kappa shape index (κ2) is 7.56. The van der Waals surface area contributed by atoms with Crippen LogP contribution in [0.5, 0.6) is 0 Å². The first-order valence-electron chi connectivity index (χ1n) is 7.63. The van der Waals surface area contributed by atoms with Gasteiger partial charge in [0.2, 0.25) is 5.91 Å². The highest BCUT2D eigenvalue weighted by molar-refractivity contribution is 5.81. The summed E-state index contributed by atoms with van der Waals surface area (Å²) < 4.78 is 13.0. The Balaban J connectivity index is 1.88. The van der Waals surface area contributed by atoms with Crippen LogP contribution >= 0.6 is 0 Å². The normalized spacial score (nSPS) is 17.4. The Bertz CT molecular complexity index is 487. The lowest BCUT2D eigenvalue weighted by Crippen LogP contribution is -2.54. The number of hydrogen-bond acceptors (Lipinski definition) is 4. The fourth-order valence-corrected chi connectivity index (χ4v) is 2.75. The molecule has 0 spiro atoms. The van der Waals surface area contributed by atoms with E-state index in [1.807, 2.05) is 6.92 Å². The van der Waals surface area contributed by atoms with Gasteiger partial charge < -0.3 is 14.9 Å². The van der Waals surface area contributed by atoms with Crippen molar-refractivity contribution in [3.63, 3.8) is 0 Å². The highest BCUT2D eigenvalue weighted by Gasteiger charge is 2.27. The number of nitrogens with zero attached hydrogens (tertiary/aromatic N) is 3. The van der Waals surface area contributed by atoms with Crippen molar-refractivity contribution in [1.29, 1.82) is 0 Å². The number of carbonyl (C=O) groups is 1. The molecule has 0 radical (unpaired) electrons. The Labute approximate surface area is 130 Å². The van der Waals surface area contributed by atoms with Crippen LogP contribution in [-0.4, -0.2) is 73.2 Å². The largest absolute Gasteiger partial charge is 0.395 e. The lowest BCUT2D eigenvalue weighted by molar-refractivity contribution is -0.135. The summed E-state index contributed by atoms with van der Waals surface area (Å²) >= 11 is 0. The molecule has 1 amide bonds. The topological polar surface area (TPSA) is 47.0 Å². The van der Waals surface area contributed by atoms with Gasteiger partial charge in [0.05, 0.1) is 12.6 Å². The number of halogens is 1. The Morgan fingerprint density at radius 2 is 1.86 bits per heavy atom. The quantitative estimate of drug-likeness (QED) is 0.873. The van der Waals surface area contributed by atoms with Crippen LogP contribution in [0, 0.1) is 5.82 Å². The predicted molar refractivity (Wildman–Crippen MR) is 84.4 cm³/mol. The van der Waals surface area contributed by atoms with Crippen LogP contribution in [0.25, 0.3) is 0 Å². The average molecular weight is 309 g/mol. The first-order valence-corrected chi connectivity index (χ1v) is 7.63. The summed E-state index contributed by atoms with van der Waals surface area (Å²) in [5, 5.41) is 8.92. The first kappa shape index (κ1) is 16.7. The van der Waals surface area contributed by atoms with E-state index in [0.717, 1.165) is 31.9 Å². The number of amides is 1. The monoisotopic (exact) mass is 309 g/mol. The number of piperazine rings is 1. The molecule has 1 fully saturated rings. The molecule has 1 saturated heterocycles. The average Bonchev–Trinajstić information content (AvgIpc) is 2.54. The summed E-state index contributed by atoms with van der Waals surface area (Å²) in [6.07, 6.45) is 0. The zero-order valence-corrected chi connectivity index (χ0v) is 13.2. The highest BCUT2D eigenvalue weighted by Crippen LogP contribution is 2.18. The van der Waals surface area contributed by atoms with Gasteiger partial charge in [0, 0.05) is 45.5 Å². The van der Waals surface area contributed by atoms with E-state index in [9.17, 15) is 9.18 Å². The summed E-state index contributed by atoms with van der Waals surface area (Å²) in [5.41, 5.74) is 1.01. The number of likely N-dealkylation sites (N-methyl/N-ethyl adjacent to an activating group) is 1. The van der Waals surface area contributed by atoms with E-state index in [2.05, 4.69) is 9.80 Å². The van der Waals surface area contributed by atoms with Gasteiger partial charge in [0.25, 0.3) is 0 Å². The van der Waals surface area contributed by atoms with Crippen molar-refractivity contribution < 1.29 is 14.3 Å². The summed E-state index contributed by atoms with van der Waals surface area (Å²) in [4.78, 5) is 18.2. The molecule has 0 aliphatic carbocycles. The minimum absolute atomic E-state index is 0.0205. The number of anilines is 1. The van der Waals surface area contributed by atoms with Gasteiger partial charge in [-0.25, -0.2) is 4.39 Å². The molecule has 0 aromatic heterocycles. The van der Waals surface area contributed by atoms with Crippen molar-refractivity contribution in [3.05, 3.63) is 30.1 Å². The van der Waals surface area contributed by atoms with Crippen LogP contribution in [-0.2, 0) is 4.79 Å². The Hall–Kier alpha value is -1.66. The van der Waals surface area contributed by atoms with Gasteiger partial charge in [0.15, 0.2) is 0 Å². The summed E-state index contributed by atoms with van der Waals surface area (Å²) in [6, 6.07) is 6.32. The molecule has 5 nitrogen and oxygen atoms in total. The molecule has 1 heterocycles. The number of hydrogen-bond donors (Lipinski definition) is 1. The highest BCUT2D eigenvalue weighted by atomic mass is 19.1. The molecule has 1 aliphatic rings. The van der Waals surface area contributed by atoms with E-state index < -0.39 is 0 Å². The number of rotatable bonds is 5. The van der Waals surface area contributed by atoms with Crippen LogP contribution in [0.3, 0.4) is 0 Å². The van der Waals surface area contributed by atoms with Gasteiger partial charge in [-0.15, -0.1) is 0 Å². The Morgan fingerprint density at radius 1 is 1.27 bits per heavy atom. The number of carbonyl (C=O) groups excluding carboxylic acids is 1. The van der Waals surface area contributed by atoms with Crippen LogP contribution in [0.4, 0.5) is 10.1 Å². The first-order chi connectivity index (χ1) is 10.5. The molecule has 0 saturated carbocycles. The zero-order valence-electron chi connectivity index (χ0n) is 13.2. The molecular weight excluding hydrogens is 285 g/mol. The fourth-order valence-electron chi connectivity index (χ4n) is 2.75. The smallest absolute Gasteiger partial charge is 0.239 e. The van der Waals surface area contributed by atoms with Crippen molar-refractivity contribution in [3.8, 4) is 0 Å². The summed E-state index contributed by atoms with van der Waals surface area (Å²) in [5.74, 6) is -0.196. The van der Waals surface area contributed by atoms with Gasteiger partial charge in [-0.2, -0.15) is 0 Å². The lowest BCUT2D eigenvalue weighted by Gasteiger charge is -2.39. The number of aliphatic hydroxyl groups is 1. The maximum Gasteiger partial charge on any atom is 0.239 e. The van der Waals surface area contributed by atoms with Crippen molar-refractivity contribution in [2.75, 3.05) is 51.3 Å². The molecule has 1 aromatic carbocycles. The Morgan fingerprint density at radius 3 is 2.41 bits per heavy atom. The SMILES string of the molecule is CC(C(=O)N(C)CCO)N1CCN(c2ccc(F)cc2)CC1. The van der Waals surface area contributed by atoms with Gasteiger partial charge in [0.1, 0.15) is 5.82 Å². The van der Waals surface area contributed by atoms with Gasteiger partial charge in [-0.3, -0.25) is 9.69 Å². The molecule has 1 aromatic rings. The molecule has 1 unspecified atom stereocenters. The number of aliphatic hydroxyl groups excluding tert-OH is 1. The maximum atomic E-state index is 13.0. The molecule has 0 bridgehead atoms. The molecule has 2 rings (SSSR count). The van der Waals surface area contributed by atoms with Gasteiger partial charge in [-0.1, -0.05) is 0 Å². The second-order valence-corrected chi connectivity index (χ2v) is 5.66. The van der Waals surface area contributed by atoms with Crippen molar-refractivity contribution in [1.82, 2.24) is 9.80 Å². The van der Waals surface area contributed by atoms with Crippen LogP contribution in [0.1, 0.15) is 6.92 Å². The van der Waals surface area contributed by atoms with Gasteiger partial charge in [-0.05, 0) is 31.2 Å². The molecule has 1 atom stereocenters. The molecular formula is C16H24FN3O2. The van der Waals surface area contributed by atoms with Crippen LogP contribution in [0.2, 0.25) is 0 Å². The van der Waals surface area contributed by atoms with E-state index in [1.54, 1.807) is 24.1 Å². The van der Waals surface area contributed by atoms with E-state index in [1.165, 1.54) is 12.1 Å². The lowest BCUT2D eigenvalue weighted by atomic mass is 10.2. The predicted octanol–water partition coefficient (Wildman–Crippen LogP) is 0.787. The van der Waals surface area contributed by atoms with Crippen molar-refractivity contribution >= 4 is 11.6 Å². The van der Waals surface area contributed by atoms with Gasteiger partial charge >= 0.3 is 0 Å². The third-order valence-corrected chi connectivity index (χ3v) is 4.22. The van der Waals surface area contributed by atoms with Crippen molar-refractivity contribution in [2.24, 2.45) is 0 Å². The van der Waals surface area contributed by atoms with Crippen LogP contribution in [0.15, 0.2) is 24.3 Å². The van der Waals surface area contributed by atoms with Crippen molar-refractivity contribution in [2.45, 2.75) is 13.0 Å². The molecule has 22 heavy (non-hydrogen) atoms. The van der Waals surface area contributed by atoms with Crippen LogP contribution < -0.4 is 4.90 Å². The second-order valence-electron chi connectivity index (χ2n) is 5.66. The van der Waals surface area contributed by atoms with E-state index in [4.69, 9.17) is 5.11 Å². The van der Waals surface area contributed by atoms with E-state index >= 15 is 0 Å². The molecule has 122 valence electrons. The standard InChI is InChI=1S/C16H24FN3O2/c1-13(16(22)18(2)11-12-21)19-7-9-20(10-8-19)15-5-3-14(17)4-6-15/h3-6,13,21H,7-12H2,1-2H3. The summed E-state index contributed by atoms with van der Waals surface area (Å²) in [7, 11) is 1.71. The minimum atomic E-state index is -0.228. The molecule has 1 N–H and O–H groups in total. The fraction of sp³-hybridized carbons (Fsp3) is 0.562. The minimum Gasteiger partial charge on any atom is -0.395 e. The maximum absolute atomic E-state index is 13.0. The molecule has 1 aliphatic heterocycles.